The van der Waals surface area contributed by atoms with Gasteiger partial charge in [-0.1, -0.05) is 91.6 Å². The van der Waals surface area contributed by atoms with E-state index in [0.717, 1.165) is 10.5 Å². The van der Waals surface area contributed by atoms with E-state index in [-0.39, 0.29) is 86.0 Å². The number of methoxy groups -OCH3 is 2. The van der Waals surface area contributed by atoms with Crippen LogP contribution in [-0.2, 0) is 63.8 Å². The first kappa shape index (κ1) is 73.7. The van der Waals surface area contributed by atoms with Crippen LogP contribution in [0, 0.1) is 23.7 Å². The molecule has 0 aromatic heterocycles. The number of urea groups is 1. The number of benzene rings is 2. The third-order valence-corrected chi connectivity index (χ3v) is 16.2. The van der Waals surface area contributed by atoms with Gasteiger partial charge in [0.15, 0.2) is 0 Å². The number of nitrogens with one attached hydrogen (secondary N) is 6. The Bertz CT molecular complexity index is 2750. The number of nitrogens with two attached hydrogens (primary N) is 1. The van der Waals surface area contributed by atoms with Gasteiger partial charge in [-0.3, -0.25) is 48.1 Å². The molecule has 2 heterocycles. The molecular weight excluding hydrogens is 1140 g/mol. The van der Waals surface area contributed by atoms with Gasteiger partial charge >= 0.3 is 12.0 Å². The van der Waals surface area contributed by atoms with E-state index in [1.807, 2.05) is 44.2 Å². The van der Waals surface area contributed by atoms with Crippen molar-refractivity contribution in [3.05, 3.63) is 77.9 Å². The van der Waals surface area contributed by atoms with Gasteiger partial charge < -0.3 is 61.6 Å². The number of ether oxygens (including phenoxy) is 3. The van der Waals surface area contributed by atoms with Gasteiger partial charge in [-0.2, -0.15) is 0 Å². The molecule has 24 nitrogen and oxygen atoms in total. The zero-order valence-corrected chi connectivity index (χ0v) is 54.3. The Labute approximate surface area is 524 Å². The maximum Gasteiger partial charge on any atom is 0.329 e. The largest absolute Gasteiger partial charge is 0.458 e. The average molecular weight is 1240 g/mol. The van der Waals surface area contributed by atoms with Crippen LogP contribution in [0.25, 0.3) is 0 Å². The van der Waals surface area contributed by atoms with Crippen LogP contribution in [-0.4, -0.2) is 175 Å². The van der Waals surface area contributed by atoms with Crippen molar-refractivity contribution in [2.75, 3.05) is 46.2 Å². The highest BCUT2D eigenvalue weighted by Gasteiger charge is 2.44. The Morgan fingerprint density at radius 2 is 1.37 bits per heavy atom. The van der Waals surface area contributed by atoms with Crippen LogP contribution in [0.3, 0.4) is 0 Å². The highest BCUT2D eigenvalue weighted by molar-refractivity contribution is 6.12. The number of hydrogen-bond donors (Lipinski definition) is 7. The molecule has 0 radical (unpaired) electrons. The van der Waals surface area contributed by atoms with Crippen LogP contribution in [0.4, 0.5) is 10.5 Å². The zero-order valence-electron chi connectivity index (χ0n) is 54.3. The van der Waals surface area contributed by atoms with Gasteiger partial charge in [0.25, 0.3) is 17.7 Å². The molecule has 1 fully saturated rings. The fourth-order valence-corrected chi connectivity index (χ4v) is 11.1. The molecule has 0 aliphatic carbocycles. The Balaban J connectivity index is 1.42. The summed E-state index contributed by atoms with van der Waals surface area (Å²) in [6.45, 7) is 18.8. The van der Waals surface area contributed by atoms with Gasteiger partial charge in [-0.15, -0.1) is 0 Å². The standard InChI is InChI=1S/C65H98N10O14/c1-14-41(6)56(49(87-12)38-53(79)74-36-22-26-48(74)57(88-13)42(7)58(80)70-47(63(85)89-65(8,9)10)37-43-23-17-15-18-24-43)73(11)62(84)55(40(4)5)72-59(81)44-28-30-45(31-29-44)68-60(82)46(25-21-34-67-64(66)86)69-61(83)54(39(2)3)71-50(76)27-19-16-20-35-75-51(77)32-33-52(75)78/h15,17-18,23-24,28-33,39-42,46-49,54-57H,14,16,19-22,25-27,34-38H2,1-13H3,(H,68,82)(H,69,83)(H,70,80)(H,71,76)(H,72,81)(H3,66,67,86)/t41-,42+,46-,47-,48-,49+,54-,55-,56-,57+/m0/s1. The van der Waals surface area contributed by atoms with Crippen molar-refractivity contribution >= 4 is 70.9 Å². The predicted octanol–water partition coefficient (Wildman–Crippen LogP) is 4.93. The Morgan fingerprint density at radius 3 is 1.94 bits per heavy atom. The quantitative estimate of drug-likeness (QED) is 0.0274. The van der Waals surface area contributed by atoms with Crippen molar-refractivity contribution in [3.63, 3.8) is 0 Å². The van der Waals surface area contributed by atoms with Crippen LogP contribution >= 0.6 is 0 Å². The van der Waals surface area contributed by atoms with Crippen molar-refractivity contribution < 1.29 is 67.0 Å². The molecule has 24 heteroatoms. The SMILES string of the molecule is CC[C@H](C)[C@@H]([C@@H](CC(=O)N1CCC[C@H]1[C@H](OC)[C@@H](C)C(=O)N[C@@H](Cc1ccccc1)C(=O)OC(C)(C)C)OC)N(C)C(=O)[C@@H](NC(=O)c1ccc(NC(=O)[C@H](CCCNC(N)=O)NC(=O)[C@@H](NC(=O)CCCCCN2C(=O)C=CC2=O)C(C)C)cc1)C(C)C. The van der Waals surface area contributed by atoms with Crippen molar-refractivity contribution in [1.82, 2.24) is 41.3 Å². The van der Waals surface area contributed by atoms with Gasteiger partial charge in [-0.25, -0.2) is 9.59 Å². The maximum absolute atomic E-state index is 14.7. The molecule has 492 valence electrons. The summed E-state index contributed by atoms with van der Waals surface area (Å²) in [4.78, 5) is 151. The summed E-state index contributed by atoms with van der Waals surface area (Å²) in [5.74, 6) is -6.36. The van der Waals surface area contributed by atoms with E-state index in [2.05, 4.69) is 31.9 Å². The van der Waals surface area contributed by atoms with Crippen LogP contribution in [0.15, 0.2) is 66.7 Å². The first-order chi connectivity index (χ1) is 42.0. The van der Waals surface area contributed by atoms with E-state index in [1.165, 1.54) is 50.6 Å². The van der Waals surface area contributed by atoms with E-state index < -0.39 is 113 Å². The van der Waals surface area contributed by atoms with E-state index in [1.54, 1.807) is 72.2 Å². The van der Waals surface area contributed by atoms with Gasteiger partial charge in [0, 0.05) is 77.1 Å². The van der Waals surface area contributed by atoms with Gasteiger partial charge in [0.2, 0.25) is 35.4 Å². The molecule has 0 saturated carbocycles. The lowest BCUT2D eigenvalue weighted by Crippen LogP contribution is -2.58. The van der Waals surface area contributed by atoms with Crippen molar-refractivity contribution in [2.45, 2.75) is 194 Å². The van der Waals surface area contributed by atoms with Crippen LogP contribution in [0.2, 0.25) is 0 Å². The molecule has 0 unspecified atom stereocenters. The third kappa shape index (κ3) is 22.7. The predicted molar refractivity (Wildman–Crippen MR) is 335 cm³/mol. The summed E-state index contributed by atoms with van der Waals surface area (Å²) >= 11 is 0. The Kier molecular flexibility index (Phi) is 29.4. The third-order valence-electron chi connectivity index (χ3n) is 16.2. The monoisotopic (exact) mass is 1240 g/mol. The molecule has 10 atom stereocenters. The summed E-state index contributed by atoms with van der Waals surface area (Å²) in [5, 5.41) is 16.6. The number of amides is 11. The smallest absolute Gasteiger partial charge is 0.329 e. The lowest BCUT2D eigenvalue weighted by molar-refractivity contribution is -0.159. The highest BCUT2D eigenvalue weighted by atomic mass is 16.6. The molecule has 0 bridgehead atoms. The minimum absolute atomic E-state index is 0.0686. The Hall–Kier alpha value is -7.73. The molecule has 2 aliphatic rings. The molecule has 89 heavy (non-hydrogen) atoms. The molecular formula is C65H98N10O14. The van der Waals surface area contributed by atoms with E-state index in [0.29, 0.717) is 45.1 Å². The molecule has 2 aliphatic heterocycles. The molecule has 11 amide bonds. The number of anilines is 1. The molecule has 4 rings (SSSR count). The van der Waals surface area contributed by atoms with Crippen LogP contribution in [0.1, 0.15) is 149 Å². The fourth-order valence-electron chi connectivity index (χ4n) is 11.1. The first-order valence-electron chi connectivity index (χ1n) is 31.1. The number of imide groups is 1. The minimum Gasteiger partial charge on any atom is -0.458 e. The number of unbranched alkanes of at least 4 members (excludes halogenated alkanes) is 2. The van der Waals surface area contributed by atoms with E-state index in [4.69, 9.17) is 19.9 Å². The highest BCUT2D eigenvalue weighted by Crippen LogP contribution is 2.30. The minimum atomic E-state index is -1.14. The lowest BCUT2D eigenvalue weighted by Gasteiger charge is -2.40. The molecule has 2 aromatic carbocycles. The molecule has 0 spiro atoms. The second-order valence-corrected chi connectivity index (χ2v) is 24.9. The number of carbonyl (C=O) groups excluding carboxylic acids is 11. The normalized spacial score (nSPS) is 17.1. The molecule has 8 N–H and O–H groups in total. The van der Waals surface area contributed by atoms with Crippen molar-refractivity contribution in [1.29, 1.82) is 0 Å². The van der Waals surface area contributed by atoms with Gasteiger partial charge in [0.05, 0.1) is 36.6 Å². The number of likely N-dealkylation sites (N-methyl/N-ethyl adjacent to an activating group) is 1. The number of carbonyl (C=O) groups is 11. The summed E-state index contributed by atoms with van der Waals surface area (Å²) in [7, 11) is 4.62. The topological polar surface area (TPSA) is 323 Å². The summed E-state index contributed by atoms with van der Waals surface area (Å²) in [6.07, 6.45) is 4.72. The van der Waals surface area contributed by atoms with Gasteiger partial charge in [-0.05, 0) is 107 Å². The summed E-state index contributed by atoms with van der Waals surface area (Å²) in [6, 6.07) is 9.22. The maximum atomic E-state index is 14.7. The van der Waals surface area contributed by atoms with Gasteiger partial charge in [0.1, 0.15) is 29.8 Å². The number of rotatable bonds is 35. The lowest BCUT2D eigenvalue weighted by atomic mass is 9.89. The average Bonchev–Trinajstić information content (AvgIpc) is 4.12. The molecule has 2 aromatic rings. The number of nitrogens with zero attached hydrogens (tertiary/aromatic N) is 3. The second kappa shape index (κ2) is 35.5. The first-order valence-corrected chi connectivity index (χ1v) is 31.1. The van der Waals surface area contributed by atoms with Crippen molar-refractivity contribution in [3.8, 4) is 0 Å². The summed E-state index contributed by atoms with van der Waals surface area (Å²) in [5.41, 5.74) is 5.74. The molecule has 1 saturated heterocycles. The number of primary amides is 1. The number of likely N-dealkylation sites (tertiary alicyclic amines) is 1. The Morgan fingerprint density at radius 1 is 0.742 bits per heavy atom. The number of hydrogen-bond acceptors (Lipinski definition) is 14. The second-order valence-electron chi connectivity index (χ2n) is 24.9. The van der Waals surface area contributed by atoms with Crippen LogP contribution in [0.5, 0.6) is 0 Å². The summed E-state index contributed by atoms with van der Waals surface area (Å²) < 4.78 is 17.8. The van der Waals surface area contributed by atoms with Crippen LogP contribution < -0.4 is 37.6 Å². The zero-order chi connectivity index (χ0) is 66.3. The van der Waals surface area contributed by atoms with Crippen molar-refractivity contribution in [2.24, 2.45) is 29.4 Å². The van der Waals surface area contributed by atoms with E-state index in [9.17, 15) is 52.7 Å². The number of esters is 1. The fraction of sp³-hybridized carbons (Fsp3) is 0.615. The van der Waals surface area contributed by atoms with E-state index >= 15 is 0 Å².